The van der Waals surface area contributed by atoms with Crippen LogP contribution in [0, 0.1) is 0 Å². The van der Waals surface area contributed by atoms with E-state index in [0.29, 0.717) is 22.7 Å². The Bertz CT molecular complexity index is 736. The van der Waals surface area contributed by atoms with E-state index < -0.39 is 0 Å². The van der Waals surface area contributed by atoms with Gasteiger partial charge in [-0.25, -0.2) is 0 Å². The van der Waals surface area contributed by atoms with Crippen molar-refractivity contribution in [3.63, 3.8) is 0 Å². The first-order chi connectivity index (χ1) is 9.16. The SMILES string of the molecule is Nc1noc(-c2ccoc2Cl)c1-c1cccc(Br)c1. The maximum atomic E-state index is 5.97. The molecular formula is C13H8BrClN2O2. The fraction of sp³-hybridized carbons (Fsp3) is 0. The van der Waals surface area contributed by atoms with E-state index in [9.17, 15) is 0 Å². The van der Waals surface area contributed by atoms with Crippen LogP contribution < -0.4 is 5.73 Å². The second-order valence-corrected chi connectivity index (χ2v) is 5.15. The molecule has 2 heterocycles. The largest absolute Gasteiger partial charge is 0.452 e. The molecule has 3 aromatic rings. The Kier molecular flexibility index (Phi) is 3.08. The molecule has 2 N–H and O–H groups in total. The maximum Gasteiger partial charge on any atom is 0.204 e. The van der Waals surface area contributed by atoms with Gasteiger partial charge in [-0.15, -0.1) is 0 Å². The summed E-state index contributed by atoms with van der Waals surface area (Å²) in [6.07, 6.45) is 1.49. The number of furan rings is 1. The summed E-state index contributed by atoms with van der Waals surface area (Å²) < 4.78 is 11.3. The Morgan fingerprint density at radius 3 is 2.79 bits per heavy atom. The molecule has 2 aromatic heterocycles. The highest BCUT2D eigenvalue weighted by Crippen LogP contribution is 2.40. The Labute approximate surface area is 122 Å². The summed E-state index contributed by atoms with van der Waals surface area (Å²) in [6, 6.07) is 9.40. The third kappa shape index (κ3) is 2.15. The number of nitrogen functional groups attached to an aromatic ring is 1. The maximum absolute atomic E-state index is 5.97. The molecule has 0 amide bonds. The van der Waals surface area contributed by atoms with Crippen LogP contribution in [0.1, 0.15) is 0 Å². The predicted molar refractivity (Wildman–Crippen MR) is 76.8 cm³/mol. The van der Waals surface area contributed by atoms with Crippen LogP contribution in [0.25, 0.3) is 22.5 Å². The van der Waals surface area contributed by atoms with E-state index in [1.165, 1.54) is 6.26 Å². The molecule has 0 spiro atoms. The fourth-order valence-corrected chi connectivity index (χ4v) is 2.46. The zero-order chi connectivity index (χ0) is 13.4. The van der Waals surface area contributed by atoms with Crippen LogP contribution in [0.3, 0.4) is 0 Å². The summed E-state index contributed by atoms with van der Waals surface area (Å²) in [6.45, 7) is 0. The van der Waals surface area contributed by atoms with E-state index in [1.54, 1.807) is 6.07 Å². The molecule has 0 aliphatic rings. The van der Waals surface area contributed by atoms with Gasteiger partial charge in [-0.1, -0.05) is 33.2 Å². The molecule has 0 aliphatic heterocycles. The molecule has 19 heavy (non-hydrogen) atoms. The number of nitrogens with zero attached hydrogens (tertiary/aromatic N) is 1. The predicted octanol–water partition coefficient (Wildman–Crippen LogP) is 4.60. The van der Waals surface area contributed by atoms with Gasteiger partial charge in [0, 0.05) is 4.47 Å². The molecule has 3 rings (SSSR count). The summed E-state index contributed by atoms with van der Waals surface area (Å²) in [5.74, 6) is 0.805. The quantitative estimate of drug-likeness (QED) is 0.741. The highest BCUT2D eigenvalue weighted by molar-refractivity contribution is 9.10. The Hall–Kier alpha value is -1.72. The number of hydrogen-bond donors (Lipinski definition) is 1. The molecule has 0 aliphatic carbocycles. The number of benzene rings is 1. The summed E-state index contributed by atoms with van der Waals surface area (Å²) in [5.41, 5.74) is 8.10. The molecule has 0 unspecified atom stereocenters. The second kappa shape index (κ2) is 4.75. The first-order valence-corrected chi connectivity index (χ1v) is 6.58. The standard InChI is InChI=1S/C13H8BrClN2O2/c14-8-3-1-2-7(6-8)10-11(19-17-13(10)16)9-4-5-18-12(9)15/h1-6H,(H2,16,17). The number of halogens is 2. The summed E-state index contributed by atoms with van der Waals surface area (Å²) in [4.78, 5) is 0. The topological polar surface area (TPSA) is 65.2 Å². The van der Waals surface area contributed by atoms with Gasteiger partial charge in [-0.05, 0) is 35.4 Å². The minimum atomic E-state index is 0.243. The van der Waals surface area contributed by atoms with Gasteiger partial charge >= 0.3 is 0 Å². The first-order valence-electron chi connectivity index (χ1n) is 5.41. The molecule has 0 radical (unpaired) electrons. The van der Waals surface area contributed by atoms with Crippen LogP contribution >= 0.6 is 27.5 Å². The van der Waals surface area contributed by atoms with Gasteiger partial charge in [0.05, 0.1) is 17.4 Å². The molecular weight excluding hydrogens is 332 g/mol. The number of anilines is 1. The lowest BCUT2D eigenvalue weighted by atomic mass is 10.0. The van der Waals surface area contributed by atoms with Crippen LogP contribution in [0.5, 0.6) is 0 Å². The highest BCUT2D eigenvalue weighted by atomic mass is 79.9. The highest BCUT2D eigenvalue weighted by Gasteiger charge is 2.21. The van der Waals surface area contributed by atoms with Gasteiger partial charge in [0.15, 0.2) is 11.6 Å². The third-order valence-corrected chi connectivity index (χ3v) is 3.48. The summed E-state index contributed by atoms with van der Waals surface area (Å²) >= 11 is 9.39. The van der Waals surface area contributed by atoms with Crippen molar-refractivity contribution in [3.8, 4) is 22.5 Å². The van der Waals surface area contributed by atoms with E-state index in [0.717, 1.165) is 10.0 Å². The summed E-state index contributed by atoms with van der Waals surface area (Å²) in [7, 11) is 0. The van der Waals surface area contributed by atoms with Crippen molar-refractivity contribution in [1.29, 1.82) is 0 Å². The lowest BCUT2D eigenvalue weighted by Gasteiger charge is -2.02. The van der Waals surface area contributed by atoms with Crippen molar-refractivity contribution in [2.45, 2.75) is 0 Å². The van der Waals surface area contributed by atoms with Crippen LogP contribution in [-0.4, -0.2) is 5.16 Å². The Morgan fingerprint density at radius 2 is 2.11 bits per heavy atom. The van der Waals surface area contributed by atoms with Crippen molar-refractivity contribution >= 4 is 33.3 Å². The van der Waals surface area contributed by atoms with E-state index >= 15 is 0 Å². The summed E-state index contributed by atoms with van der Waals surface area (Å²) in [5, 5.41) is 4.05. The number of rotatable bonds is 2. The smallest absolute Gasteiger partial charge is 0.204 e. The van der Waals surface area contributed by atoms with Crippen molar-refractivity contribution < 1.29 is 8.94 Å². The number of hydrogen-bond acceptors (Lipinski definition) is 4. The molecule has 0 saturated carbocycles. The van der Waals surface area contributed by atoms with E-state index in [2.05, 4.69) is 21.1 Å². The molecule has 6 heteroatoms. The van der Waals surface area contributed by atoms with Crippen molar-refractivity contribution in [2.24, 2.45) is 0 Å². The van der Waals surface area contributed by atoms with Crippen molar-refractivity contribution in [1.82, 2.24) is 5.16 Å². The number of aromatic nitrogens is 1. The molecule has 96 valence electrons. The fourth-order valence-electron chi connectivity index (χ4n) is 1.86. The molecule has 0 saturated heterocycles. The van der Waals surface area contributed by atoms with Gasteiger partial charge < -0.3 is 14.7 Å². The van der Waals surface area contributed by atoms with E-state index in [1.807, 2.05) is 24.3 Å². The van der Waals surface area contributed by atoms with Gasteiger partial charge in [0.25, 0.3) is 0 Å². The van der Waals surface area contributed by atoms with Crippen LogP contribution in [0.2, 0.25) is 5.22 Å². The molecule has 4 nitrogen and oxygen atoms in total. The van der Waals surface area contributed by atoms with Gasteiger partial charge in [-0.3, -0.25) is 0 Å². The van der Waals surface area contributed by atoms with Crippen LogP contribution in [-0.2, 0) is 0 Å². The first kappa shape index (κ1) is 12.3. The average Bonchev–Trinajstić information content (AvgIpc) is 2.95. The second-order valence-electron chi connectivity index (χ2n) is 3.89. The van der Waals surface area contributed by atoms with Crippen molar-refractivity contribution in [3.05, 3.63) is 46.3 Å². The van der Waals surface area contributed by atoms with E-state index in [4.69, 9.17) is 26.3 Å². The van der Waals surface area contributed by atoms with Gasteiger partial charge in [0.1, 0.15) is 0 Å². The van der Waals surface area contributed by atoms with Gasteiger partial charge in [-0.2, -0.15) is 0 Å². The van der Waals surface area contributed by atoms with E-state index in [-0.39, 0.29) is 5.22 Å². The zero-order valence-corrected chi connectivity index (χ0v) is 11.9. The Balaban J connectivity index is 2.22. The normalized spacial score (nSPS) is 10.8. The molecule has 0 fully saturated rings. The number of nitrogens with two attached hydrogens (primary N) is 1. The van der Waals surface area contributed by atoms with Crippen molar-refractivity contribution in [2.75, 3.05) is 5.73 Å². The minimum absolute atomic E-state index is 0.243. The minimum Gasteiger partial charge on any atom is -0.452 e. The van der Waals surface area contributed by atoms with Crippen LogP contribution in [0.15, 0.2) is 50.0 Å². The van der Waals surface area contributed by atoms with Crippen LogP contribution in [0.4, 0.5) is 5.82 Å². The lowest BCUT2D eigenvalue weighted by Crippen LogP contribution is -1.88. The zero-order valence-electron chi connectivity index (χ0n) is 9.56. The third-order valence-electron chi connectivity index (χ3n) is 2.69. The molecule has 0 atom stereocenters. The lowest BCUT2D eigenvalue weighted by molar-refractivity contribution is 0.435. The van der Waals surface area contributed by atoms with Gasteiger partial charge in [0.2, 0.25) is 5.22 Å². The Morgan fingerprint density at radius 1 is 1.26 bits per heavy atom. The average molecular weight is 340 g/mol. The molecule has 0 bridgehead atoms. The monoisotopic (exact) mass is 338 g/mol. The molecule has 1 aromatic carbocycles.